The van der Waals surface area contributed by atoms with Crippen molar-refractivity contribution in [1.82, 2.24) is 4.98 Å². The Labute approximate surface area is 115 Å². The number of H-pyrrole nitrogens is 1. The zero-order chi connectivity index (χ0) is 13.9. The molecule has 0 aliphatic heterocycles. The van der Waals surface area contributed by atoms with Crippen LogP contribution in [-0.4, -0.2) is 18.1 Å². The number of aromatic amines is 1. The van der Waals surface area contributed by atoms with Crippen LogP contribution in [0.15, 0.2) is 54.6 Å². The van der Waals surface area contributed by atoms with Crippen LogP contribution >= 0.6 is 0 Å². The van der Waals surface area contributed by atoms with Crippen LogP contribution in [0.3, 0.4) is 0 Å². The molecule has 0 aliphatic rings. The summed E-state index contributed by atoms with van der Waals surface area (Å²) in [5.74, 6) is 0.627. The number of rotatable bonds is 3. The second-order valence-corrected chi connectivity index (χ2v) is 4.28. The Kier molecular flexibility index (Phi) is 3.13. The van der Waals surface area contributed by atoms with Gasteiger partial charge in [-0.2, -0.15) is 0 Å². The molecule has 1 aromatic heterocycles. The number of ether oxygens (including phenoxy) is 2. The first-order valence-electron chi connectivity index (χ1n) is 6.21. The van der Waals surface area contributed by atoms with E-state index in [9.17, 15) is 4.79 Å². The highest BCUT2D eigenvalue weighted by Crippen LogP contribution is 2.31. The average molecular weight is 267 g/mol. The van der Waals surface area contributed by atoms with Gasteiger partial charge >= 0.3 is 5.97 Å². The van der Waals surface area contributed by atoms with Crippen molar-refractivity contribution >= 4 is 16.9 Å². The zero-order valence-electron chi connectivity index (χ0n) is 10.9. The number of fused-ring (bicyclic) bond motifs is 1. The number of esters is 1. The number of nitrogens with one attached hydrogen (secondary N) is 1. The monoisotopic (exact) mass is 267 g/mol. The lowest BCUT2D eigenvalue weighted by Gasteiger charge is -2.05. The second-order valence-electron chi connectivity index (χ2n) is 4.28. The van der Waals surface area contributed by atoms with E-state index in [2.05, 4.69) is 4.98 Å². The van der Waals surface area contributed by atoms with Gasteiger partial charge in [-0.3, -0.25) is 0 Å². The maximum atomic E-state index is 12.0. The minimum Gasteiger partial charge on any atom is -0.465 e. The first kappa shape index (κ1) is 12.3. The van der Waals surface area contributed by atoms with Gasteiger partial charge < -0.3 is 14.5 Å². The summed E-state index contributed by atoms with van der Waals surface area (Å²) < 4.78 is 10.6. The maximum Gasteiger partial charge on any atom is 0.344 e. The van der Waals surface area contributed by atoms with Crippen LogP contribution in [0, 0.1) is 0 Å². The molecule has 0 saturated heterocycles. The van der Waals surface area contributed by atoms with Crippen molar-refractivity contribution in [2.75, 3.05) is 7.11 Å². The van der Waals surface area contributed by atoms with Crippen molar-refractivity contribution in [3.05, 3.63) is 60.2 Å². The highest BCUT2D eigenvalue weighted by Gasteiger charge is 2.20. The molecule has 0 amide bonds. The number of para-hydroxylation sites is 2. The second kappa shape index (κ2) is 5.09. The Bertz CT molecular complexity index is 747. The van der Waals surface area contributed by atoms with E-state index in [0.29, 0.717) is 17.2 Å². The lowest BCUT2D eigenvalue weighted by molar-refractivity contribution is 0.0600. The number of carbonyl (C=O) groups is 1. The van der Waals surface area contributed by atoms with E-state index in [0.717, 1.165) is 10.9 Å². The lowest BCUT2D eigenvalue weighted by Crippen LogP contribution is -2.02. The molecule has 20 heavy (non-hydrogen) atoms. The molecule has 3 rings (SSSR count). The molecule has 3 aromatic rings. The molecule has 4 nitrogen and oxygen atoms in total. The van der Waals surface area contributed by atoms with E-state index < -0.39 is 5.97 Å². The molecule has 0 unspecified atom stereocenters. The first-order chi connectivity index (χ1) is 9.79. The Morgan fingerprint density at radius 1 is 1.00 bits per heavy atom. The molecule has 1 heterocycles. The summed E-state index contributed by atoms with van der Waals surface area (Å²) in [5.41, 5.74) is 1.24. The quantitative estimate of drug-likeness (QED) is 0.735. The highest BCUT2D eigenvalue weighted by atomic mass is 16.5. The predicted octanol–water partition coefficient (Wildman–Crippen LogP) is 3.75. The minimum absolute atomic E-state index is 0.393. The smallest absolute Gasteiger partial charge is 0.344 e. The van der Waals surface area contributed by atoms with Crippen molar-refractivity contribution < 1.29 is 14.3 Å². The molecule has 0 aliphatic carbocycles. The average Bonchev–Trinajstić information content (AvgIpc) is 2.85. The van der Waals surface area contributed by atoms with Gasteiger partial charge in [0.15, 0.2) is 0 Å². The SMILES string of the molecule is COC(=O)c1c(Oc2ccccc2)[nH]c2ccccc12. The number of hydrogen-bond acceptors (Lipinski definition) is 3. The molecule has 4 heteroatoms. The third-order valence-corrected chi connectivity index (χ3v) is 3.02. The van der Waals surface area contributed by atoms with Gasteiger partial charge in [-0.15, -0.1) is 0 Å². The van der Waals surface area contributed by atoms with Gasteiger partial charge in [-0.25, -0.2) is 4.79 Å². The third-order valence-electron chi connectivity index (χ3n) is 3.02. The molecule has 100 valence electrons. The van der Waals surface area contributed by atoms with E-state index in [4.69, 9.17) is 9.47 Å². The number of aromatic nitrogens is 1. The topological polar surface area (TPSA) is 51.3 Å². The molecule has 0 spiro atoms. The van der Waals surface area contributed by atoms with Gasteiger partial charge in [-0.1, -0.05) is 36.4 Å². The van der Waals surface area contributed by atoms with Crippen LogP contribution in [-0.2, 0) is 4.74 Å². The molecular weight excluding hydrogens is 254 g/mol. The van der Waals surface area contributed by atoms with Gasteiger partial charge in [-0.05, 0) is 18.2 Å². The van der Waals surface area contributed by atoms with Crippen LogP contribution in [0.5, 0.6) is 11.6 Å². The summed E-state index contributed by atoms with van der Waals surface area (Å²) in [7, 11) is 1.36. The summed E-state index contributed by atoms with van der Waals surface area (Å²) in [6.45, 7) is 0. The Balaban J connectivity index is 2.12. The van der Waals surface area contributed by atoms with Crippen molar-refractivity contribution in [3.63, 3.8) is 0 Å². The van der Waals surface area contributed by atoms with E-state index in [1.165, 1.54) is 7.11 Å². The fourth-order valence-electron chi connectivity index (χ4n) is 2.10. The summed E-state index contributed by atoms with van der Waals surface area (Å²) in [4.78, 5) is 15.1. The fourth-order valence-corrected chi connectivity index (χ4v) is 2.10. The highest BCUT2D eigenvalue weighted by molar-refractivity contribution is 6.06. The van der Waals surface area contributed by atoms with Gasteiger partial charge in [0, 0.05) is 10.9 Å². The van der Waals surface area contributed by atoms with Crippen molar-refractivity contribution in [2.24, 2.45) is 0 Å². The molecule has 1 N–H and O–H groups in total. The van der Waals surface area contributed by atoms with Gasteiger partial charge in [0.05, 0.1) is 7.11 Å². The predicted molar refractivity (Wildman–Crippen MR) is 76.2 cm³/mol. The number of carbonyl (C=O) groups excluding carboxylic acids is 1. The Morgan fingerprint density at radius 3 is 2.45 bits per heavy atom. The van der Waals surface area contributed by atoms with E-state index >= 15 is 0 Å². The van der Waals surface area contributed by atoms with Crippen molar-refractivity contribution in [3.8, 4) is 11.6 Å². The fraction of sp³-hybridized carbons (Fsp3) is 0.0625. The van der Waals surface area contributed by atoms with Gasteiger partial charge in [0.1, 0.15) is 11.3 Å². The third kappa shape index (κ3) is 2.12. The van der Waals surface area contributed by atoms with E-state index in [-0.39, 0.29) is 0 Å². The van der Waals surface area contributed by atoms with Crippen LogP contribution in [0.2, 0.25) is 0 Å². The molecule has 0 bridgehead atoms. The number of methoxy groups -OCH3 is 1. The Hall–Kier alpha value is -2.75. The first-order valence-corrected chi connectivity index (χ1v) is 6.21. The van der Waals surface area contributed by atoms with Crippen molar-refractivity contribution in [1.29, 1.82) is 0 Å². The van der Waals surface area contributed by atoms with Crippen LogP contribution in [0.25, 0.3) is 10.9 Å². The summed E-state index contributed by atoms with van der Waals surface area (Å²) in [5, 5.41) is 0.783. The summed E-state index contributed by atoms with van der Waals surface area (Å²) in [6, 6.07) is 16.8. The van der Waals surface area contributed by atoms with Gasteiger partial charge in [0.25, 0.3) is 0 Å². The Morgan fingerprint density at radius 2 is 1.70 bits per heavy atom. The van der Waals surface area contributed by atoms with E-state index in [1.807, 2.05) is 54.6 Å². The van der Waals surface area contributed by atoms with Crippen LogP contribution in [0.4, 0.5) is 0 Å². The molecule has 2 aromatic carbocycles. The molecule has 0 radical (unpaired) electrons. The standard InChI is InChI=1S/C16H13NO3/c1-19-16(18)14-12-9-5-6-10-13(12)17-15(14)20-11-7-3-2-4-8-11/h2-10,17H,1H3. The van der Waals surface area contributed by atoms with E-state index in [1.54, 1.807) is 0 Å². The lowest BCUT2D eigenvalue weighted by atomic mass is 10.2. The molecule has 0 atom stereocenters. The normalized spacial score (nSPS) is 10.4. The van der Waals surface area contributed by atoms with Gasteiger partial charge in [0.2, 0.25) is 5.88 Å². The number of benzene rings is 2. The molecule has 0 fully saturated rings. The number of hydrogen-bond donors (Lipinski definition) is 1. The summed E-state index contributed by atoms with van der Waals surface area (Å²) >= 11 is 0. The summed E-state index contributed by atoms with van der Waals surface area (Å²) in [6.07, 6.45) is 0. The molecular formula is C16H13NO3. The van der Waals surface area contributed by atoms with Crippen LogP contribution in [0.1, 0.15) is 10.4 Å². The minimum atomic E-state index is -0.423. The van der Waals surface area contributed by atoms with Crippen LogP contribution < -0.4 is 4.74 Å². The zero-order valence-corrected chi connectivity index (χ0v) is 10.9. The maximum absolute atomic E-state index is 12.0. The molecule has 0 saturated carbocycles. The van der Waals surface area contributed by atoms with Crippen molar-refractivity contribution in [2.45, 2.75) is 0 Å². The largest absolute Gasteiger partial charge is 0.465 e.